The fourth-order valence-electron chi connectivity index (χ4n) is 3.82. The van der Waals surface area contributed by atoms with E-state index in [4.69, 9.17) is 0 Å². The van der Waals surface area contributed by atoms with E-state index in [-0.39, 0.29) is 18.1 Å². The number of likely N-dealkylation sites (tertiary alicyclic amines) is 1. The first-order chi connectivity index (χ1) is 13.4. The van der Waals surface area contributed by atoms with Crippen LogP contribution in [0.5, 0.6) is 0 Å². The smallest absolute Gasteiger partial charge is 0.318 e. The largest absolute Gasteiger partial charge is 0.334 e. The monoisotopic (exact) mass is 384 g/mol. The third-order valence-corrected chi connectivity index (χ3v) is 5.41. The minimum Gasteiger partial charge on any atom is -0.334 e. The Morgan fingerprint density at radius 1 is 1.29 bits per heavy atom. The van der Waals surface area contributed by atoms with E-state index < -0.39 is 0 Å². The molecule has 1 saturated heterocycles. The Hall–Kier alpha value is -2.41. The van der Waals surface area contributed by atoms with Gasteiger partial charge in [0.1, 0.15) is 0 Å². The molecule has 0 aromatic carbocycles. The maximum absolute atomic E-state index is 13.2. The summed E-state index contributed by atoms with van der Waals surface area (Å²) in [5.41, 5.74) is 3.22. The fourth-order valence-corrected chi connectivity index (χ4v) is 3.82. The van der Waals surface area contributed by atoms with Crippen molar-refractivity contribution >= 4 is 6.03 Å². The first-order valence-electron chi connectivity index (χ1n) is 10.1. The van der Waals surface area contributed by atoms with E-state index in [0.717, 1.165) is 42.9 Å². The number of aryl methyl sites for hydroxylation is 2. The number of nitrogens with one attached hydrogen (secondary N) is 1. The second-order valence-electron chi connectivity index (χ2n) is 7.98. The molecule has 28 heavy (non-hydrogen) atoms. The van der Waals surface area contributed by atoms with Crippen LogP contribution in [0, 0.1) is 13.8 Å². The number of amides is 2. The van der Waals surface area contributed by atoms with Gasteiger partial charge in [-0.1, -0.05) is 0 Å². The van der Waals surface area contributed by atoms with Gasteiger partial charge in [0.05, 0.1) is 12.2 Å². The number of rotatable bonds is 6. The molecule has 0 aliphatic carbocycles. The van der Waals surface area contributed by atoms with Crippen molar-refractivity contribution in [2.45, 2.75) is 58.8 Å². The number of pyridine rings is 1. The van der Waals surface area contributed by atoms with Crippen LogP contribution in [0.15, 0.2) is 30.6 Å². The van der Waals surface area contributed by atoms with Crippen molar-refractivity contribution < 1.29 is 4.79 Å². The zero-order chi connectivity index (χ0) is 20.1. The van der Waals surface area contributed by atoms with Crippen molar-refractivity contribution in [2.75, 3.05) is 20.1 Å². The van der Waals surface area contributed by atoms with Crippen LogP contribution in [-0.4, -0.2) is 62.8 Å². The number of urea groups is 1. The normalized spacial score (nSPS) is 16.7. The van der Waals surface area contributed by atoms with Crippen LogP contribution in [0.4, 0.5) is 4.79 Å². The van der Waals surface area contributed by atoms with Crippen molar-refractivity contribution in [2.24, 2.45) is 0 Å². The molecule has 0 radical (unpaired) electrons. The highest BCUT2D eigenvalue weighted by Crippen LogP contribution is 2.19. The van der Waals surface area contributed by atoms with Crippen molar-refractivity contribution in [1.82, 2.24) is 29.9 Å². The maximum Gasteiger partial charge on any atom is 0.318 e. The molecule has 3 heterocycles. The number of carbonyl (C=O) groups excluding carboxylic acids is 1. The molecule has 1 aliphatic heterocycles. The predicted octanol–water partition coefficient (Wildman–Crippen LogP) is 2.59. The predicted molar refractivity (Wildman–Crippen MR) is 110 cm³/mol. The molecule has 1 fully saturated rings. The summed E-state index contributed by atoms with van der Waals surface area (Å²) in [5.74, 6) is 0. The summed E-state index contributed by atoms with van der Waals surface area (Å²) in [6.45, 7) is 9.38. The molecular weight excluding hydrogens is 352 g/mol. The average Bonchev–Trinajstić information content (AvgIpc) is 2.98. The molecule has 1 N–H and O–H groups in total. The number of nitrogens with zero attached hydrogens (tertiary/aromatic N) is 5. The highest BCUT2D eigenvalue weighted by Gasteiger charge is 2.28. The molecule has 1 aliphatic rings. The van der Waals surface area contributed by atoms with Crippen LogP contribution in [0.25, 0.3) is 0 Å². The summed E-state index contributed by atoms with van der Waals surface area (Å²) in [5, 5.41) is 7.70. The Balaban J connectivity index is 1.67. The van der Waals surface area contributed by atoms with Crippen molar-refractivity contribution in [3.63, 3.8) is 0 Å². The minimum absolute atomic E-state index is 0.000367. The van der Waals surface area contributed by atoms with Crippen LogP contribution >= 0.6 is 0 Å². The summed E-state index contributed by atoms with van der Waals surface area (Å²) in [6, 6.07) is 6.27. The highest BCUT2D eigenvalue weighted by molar-refractivity contribution is 5.75. The van der Waals surface area contributed by atoms with Gasteiger partial charge >= 0.3 is 6.03 Å². The van der Waals surface area contributed by atoms with Gasteiger partial charge in [-0.15, -0.1) is 0 Å². The first-order valence-corrected chi connectivity index (χ1v) is 10.1. The minimum atomic E-state index is -0.00305. The molecule has 2 aromatic rings. The molecule has 0 spiro atoms. The van der Waals surface area contributed by atoms with Gasteiger partial charge in [-0.3, -0.25) is 9.67 Å². The summed E-state index contributed by atoms with van der Waals surface area (Å²) >= 11 is 0. The SMILES string of the molecule is Cc1cc(C)n(CC(C)NC(=O)N(Cc2ccncc2)C2CCN(C)CC2)n1. The molecule has 1 atom stereocenters. The van der Waals surface area contributed by atoms with Gasteiger partial charge in [0.2, 0.25) is 0 Å². The Kier molecular flexibility index (Phi) is 6.67. The Labute approximate surface area is 167 Å². The number of hydrogen-bond donors (Lipinski definition) is 1. The molecular formula is C21H32N6O. The molecule has 7 nitrogen and oxygen atoms in total. The molecule has 0 saturated carbocycles. The topological polar surface area (TPSA) is 66.3 Å². The van der Waals surface area contributed by atoms with Crippen LogP contribution < -0.4 is 5.32 Å². The molecule has 2 aromatic heterocycles. The molecule has 3 rings (SSSR count). The van der Waals surface area contributed by atoms with Gasteiger partial charge < -0.3 is 15.1 Å². The molecule has 0 bridgehead atoms. The van der Waals surface area contributed by atoms with Gasteiger partial charge in [0, 0.05) is 36.7 Å². The quantitative estimate of drug-likeness (QED) is 0.831. The van der Waals surface area contributed by atoms with E-state index in [2.05, 4.69) is 33.4 Å². The van der Waals surface area contributed by atoms with Gasteiger partial charge in [0.25, 0.3) is 0 Å². The van der Waals surface area contributed by atoms with Crippen molar-refractivity contribution in [3.8, 4) is 0 Å². The summed E-state index contributed by atoms with van der Waals surface area (Å²) in [7, 11) is 2.14. The van der Waals surface area contributed by atoms with Crippen molar-refractivity contribution in [1.29, 1.82) is 0 Å². The Morgan fingerprint density at radius 2 is 1.96 bits per heavy atom. The zero-order valence-electron chi connectivity index (χ0n) is 17.4. The lowest BCUT2D eigenvalue weighted by Gasteiger charge is -2.38. The number of carbonyl (C=O) groups is 1. The second-order valence-corrected chi connectivity index (χ2v) is 7.98. The van der Waals surface area contributed by atoms with Crippen LogP contribution in [0.2, 0.25) is 0 Å². The lowest BCUT2D eigenvalue weighted by atomic mass is 10.0. The fraction of sp³-hybridized carbons (Fsp3) is 0.571. The first kappa shape index (κ1) is 20.3. The second kappa shape index (κ2) is 9.19. The molecule has 1 unspecified atom stereocenters. The van der Waals surface area contributed by atoms with E-state index >= 15 is 0 Å². The van der Waals surface area contributed by atoms with E-state index in [0.29, 0.717) is 13.1 Å². The maximum atomic E-state index is 13.2. The zero-order valence-corrected chi connectivity index (χ0v) is 17.4. The Bertz CT molecular complexity index is 766. The van der Waals surface area contributed by atoms with Gasteiger partial charge in [0.15, 0.2) is 0 Å². The summed E-state index contributed by atoms with van der Waals surface area (Å²) in [4.78, 5) is 21.6. The van der Waals surface area contributed by atoms with Crippen LogP contribution in [0.1, 0.15) is 36.7 Å². The number of aromatic nitrogens is 3. The third-order valence-electron chi connectivity index (χ3n) is 5.41. The highest BCUT2D eigenvalue weighted by atomic mass is 16.2. The molecule has 2 amide bonds. The van der Waals surface area contributed by atoms with E-state index in [1.165, 1.54) is 0 Å². The van der Waals surface area contributed by atoms with E-state index in [9.17, 15) is 4.79 Å². The third kappa shape index (κ3) is 5.32. The number of piperidine rings is 1. The number of hydrogen-bond acceptors (Lipinski definition) is 4. The van der Waals surface area contributed by atoms with E-state index in [1.54, 1.807) is 12.4 Å². The van der Waals surface area contributed by atoms with Crippen molar-refractivity contribution in [3.05, 3.63) is 47.5 Å². The molecule has 7 heteroatoms. The van der Waals surface area contributed by atoms with E-state index in [1.807, 2.05) is 42.5 Å². The molecule has 152 valence electrons. The van der Waals surface area contributed by atoms with Crippen LogP contribution in [-0.2, 0) is 13.1 Å². The lowest BCUT2D eigenvalue weighted by Crippen LogP contribution is -2.52. The summed E-state index contributed by atoms with van der Waals surface area (Å²) in [6.07, 6.45) is 5.57. The average molecular weight is 385 g/mol. The standard InChI is InChI=1S/C21H32N6O/c1-16-13-18(3)27(24-16)14-17(2)23-21(28)26(15-19-5-9-22-10-6-19)20-7-11-25(4)12-8-20/h5-6,9-10,13,17,20H,7-8,11-12,14-15H2,1-4H3,(H,23,28). The van der Waals surface area contributed by atoms with Gasteiger partial charge in [-0.2, -0.15) is 5.10 Å². The lowest BCUT2D eigenvalue weighted by molar-refractivity contribution is 0.125. The Morgan fingerprint density at radius 3 is 2.57 bits per heavy atom. The summed E-state index contributed by atoms with van der Waals surface area (Å²) < 4.78 is 1.96. The van der Waals surface area contributed by atoms with Crippen LogP contribution in [0.3, 0.4) is 0 Å². The van der Waals surface area contributed by atoms with Gasteiger partial charge in [-0.05, 0) is 77.5 Å². The van der Waals surface area contributed by atoms with Gasteiger partial charge in [-0.25, -0.2) is 4.79 Å².